The van der Waals surface area contributed by atoms with Gasteiger partial charge in [-0.2, -0.15) is 0 Å². The van der Waals surface area contributed by atoms with Crippen molar-refractivity contribution in [3.8, 4) is 0 Å². The second-order valence-corrected chi connectivity index (χ2v) is 6.75. The fourth-order valence-corrected chi connectivity index (χ4v) is 3.11. The van der Waals surface area contributed by atoms with E-state index in [-0.39, 0.29) is 17.0 Å². The number of nitrogens with one attached hydrogen (secondary N) is 1. The van der Waals surface area contributed by atoms with Gasteiger partial charge in [0.15, 0.2) is 0 Å². The zero-order chi connectivity index (χ0) is 16.3. The summed E-state index contributed by atoms with van der Waals surface area (Å²) >= 11 is 0. The molecule has 2 rings (SSSR count). The van der Waals surface area contributed by atoms with Gasteiger partial charge in [-0.25, -0.2) is 21.9 Å². The molecule has 0 aliphatic rings. The zero-order valence-electron chi connectivity index (χ0n) is 11.9. The molecule has 0 aliphatic carbocycles. The number of rotatable bonds is 5. The van der Waals surface area contributed by atoms with Crippen LogP contribution in [0.5, 0.6) is 0 Å². The summed E-state index contributed by atoms with van der Waals surface area (Å²) in [6, 6.07) is 8.98. The molecule has 2 aromatic rings. The van der Waals surface area contributed by atoms with Crippen molar-refractivity contribution in [1.82, 2.24) is 4.72 Å². The number of anilines is 1. The first kappa shape index (κ1) is 16.4. The first-order valence-corrected chi connectivity index (χ1v) is 8.08. The van der Waals surface area contributed by atoms with Crippen molar-refractivity contribution in [1.29, 1.82) is 0 Å². The zero-order valence-corrected chi connectivity index (χ0v) is 12.7. The number of halogens is 2. The molecule has 1 unspecified atom stereocenters. The average Bonchev–Trinajstić information content (AvgIpc) is 2.45. The summed E-state index contributed by atoms with van der Waals surface area (Å²) in [5.41, 5.74) is 6.22. The van der Waals surface area contributed by atoms with Crippen molar-refractivity contribution in [3.05, 3.63) is 59.7 Å². The van der Waals surface area contributed by atoms with E-state index in [2.05, 4.69) is 4.72 Å². The first-order chi connectivity index (χ1) is 10.3. The van der Waals surface area contributed by atoms with Crippen LogP contribution in [0.4, 0.5) is 14.5 Å². The Bertz CT molecular complexity index is 762. The van der Waals surface area contributed by atoms with Crippen molar-refractivity contribution in [2.24, 2.45) is 0 Å². The average molecular weight is 326 g/mol. The van der Waals surface area contributed by atoms with Crippen LogP contribution in [-0.4, -0.2) is 15.0 Å². The molecule has 22 heavy (non-hydrogen) atoms. The molecule has 0 amide bonds. The van der Waals surface area contributed by atoms with Crippen molar-refractivity contribution in [2.75, 3.05) is 12.3 Å². The van der Waals surface area contributed by atoms with E-state index < -0.39 is 27.6 Å². The van der Waals surface area contributed by atoms with E-state index in [9.17, 15) is 17.2 Å². The van der Waals surface area contributed by atoms with Gasteiger partial charge in [-0.3, -0.25) is 0 Å². The second-order valence-electron chi connectivity index (χ2n) is 4.99. The Hall–Kier alpha value is -1.99. The fraction of sp³-hybridized carbons (Fsp3) is 0.200. The molecule has 0 heterocycles. The Morgan fingerprint density at radius 2 is 1.77 bits per heavy atom. The van der Waals surface area contributed by atoms with Crippen LogP contribution in [0.25, 0.3) is 0 Å². The molecule has 0 saturated carbocycles. The summed E-state index contributed by atoms with van der Waals surface area (Å²) in [6.45, 7) is 1.65. The minimum absolute atomic E-state index is 0.00470. The van der Waals surface area contributed by atoms with Gasteiger partial charge in [0.2, 0.25) is 10.0 Å². The molecular formula is C15H16F2N2O2S. The smallest absolute Gasteiger partial charge is 0.240 e. The number of sulfonamides is 1. The van der Waals surface area contributed by atoms with E-state index in [0.717, 1.165) is 12.1 Å². The molecule has 1 atom stereocenters. The molecule has 0 fully saturated rings. The van der Waals surface area contributed by atoms with Gasteiger partial charge in [0, 0.05) is 18.3 Å². The van der Waals surface area contributed by atoms with E-state index in [1.165, 1.54) is 30.3 Å². The number of nitrogens with two attached hydrogens (primary N) is 1. The third kappa shape index (κ3) is 3.80. The minimum atomic E-state index is -3.70. The topological polar surface area (TPSA) is 72.2 Å². The van der Waals surface area contributed by atoms with Gasteiger partial charge >= 0.3 is 0 Å². The highest BCUT2D eigenvalue weighted by atomic mass is 32.2. The van der Waals surface area contributed by atoms with Gasteiger partial charge < -0.3 is 5.73 Å². The number of hydrogen-bond donors (Lipinski definition) is 2. The monoisotopic (exact) mass is 326 g/mol. The predicted molar refractivity (Wildman–Crippen MR) is 80.8 cm³/mol. The SMILES string of the molecule is CC(CNS(=O)(=O)c1ccc(N)cc1)c1ccc(F)cc1F. The maximum absolute atomic E-state index is 13.7. The Morgan fingerprint density at radius 1 is 1.14 bits per heavy atom. The lowest BCUT2D eigenvalue weighted by molar-refractivity contribution is 0.548. The Morgan fingerprint density at radius 3 is 2.36 bits per heavy atom. The third-order valence-electron chi connectivity index (χ3n) is 3.26. The van der Waals surface area contributed by atoms with Crippen molar-refractivity contribution in [2.45, 2.75) is 17.7 Å². The molecule has 118 valence electrons. The van der Waals surface area contributed by atoms with Gasteiger partial charge in [-0.15, -0.1) is 0 Å². The van der Waals surface area contributed by atoms with Gasteiger partial charge in [-0.1, -0.05) is 13.0 Å². The van der Waals surface area contributed by atoms with Crippen molar-refractivity contribution >= 4 is 15.7 Å². The maximum atomic E-state index is 13.7. The number of hydrogen-bond acceptors (Lipinski definition) is 3. The predicted octanol–water partition coefficient (Wildman–Crippen LogP) is 2.63. The third-order valence-corrected chi connectivity index (χ3v) is 4.70. The van der Waals surface area contributed by atoms with E-state index in [4.69, 9.17) is 5.73 Å². The number of nitrogen functional groups attached to an aromatic ring is 1. The molecule has 7 heteroatoms. The van der Waals surface area contributed by atoms with Gasteiger partial charge in [-0.05, 0) is 41.8 Å². The largest absolute Gasteiger partial charge is 0.399 e. The Kier molecular flexibility index (Phi) is 4.77. The van der Waals surface area contributed by atoms with Crippen LogP contribution < -0.4 is 10.5 Å². The molecule has 0 spiro atoms. The molecule has 0 bridgehead atoms. The van der Waals surface area contributed by atoms with Gasteiger partial charge in [0.05, 0.1) is 4.90 Å². The molecule has 0 radical (unpaired) electrons. The Labute approximate surface area is 128 Å². The van der Waals surface area contributed by atoms with Crippen LogP contribution in [0, 0.1) is 11.6 Å². The van der Waals surface area contributed by atoms with E-state index in [1.54, 1.807) is 6.92 Å². The van der Waals surface area contributed by atoms with Crippen molar-refractivity contribution < 1.29 is 17.2 Å². The summed E-state index contributed by atoms with van der Waals surface area (Å²) in [6.07, 6.45) is 0. The first-order valence-electron chi connectivity index (χ1n) is 6.60. The van der Waals surface area contributed by atoms with Crippen LogP contribution in [0.15, 0.2) is 47.4 Å². The van der Waals surface area contributed by atoms with E-state index in [1.807, 2.05) is 0 Å². The van der Waals surface area contributed by atoms with Crippen LogP contribution in [0.3, 0.4) is 0 Å². The lowest BCUT2D eigenvalue weighted by Gasteiger charge is -2.14. The molecule has 3 N–H and O–H groups in total. The summed E-state index contributed by atoms with van der Waals surface area (Å²) in [4.78, 5) is 0.0773. The molecule has 0 aliphatic heterocycles. The highest BCUT2D eigenvalue weighted by Gasteiger charge is 2.17. The normalized spacial score (nSPS) is 13.0. The summed E-state index contributed by atoms with van der Waals surface area (Å²) in [5, 5.41) is 0. The van der Waals surface area contributed by atoms with Crippen LogP contribution in [0.2, 0.25) is 0 Å². The highest BCUT2D eigenvalue weighted by Crippen LogP contribution is 2.20. The molecule has 2 aromatic carbocycles. The van der Waals surface area contributed by atoms with Crippen LogP contribution in [0.1, 0.15) is 18.4 Å². The summed E-state index contributed by atoms with van der Waals surface area (Å²) in [7, 11) is -3.70. The molecule has 0 saturated heterocycles. The summed E-state index contributed by atoms with van der Waals surface area (Å²) in [5.74, 6) is -1.81. The van der Waals surface area contributed by atoms with Crippen LogP contribution >= 0.6 is 0 Å². The molecule has 4 nitrogen and oxygen atoms in total. The maximum Gasteiger partial charge on any atom is 0.240 e. The molecular weight excluding hydrogens is 310 g/mol. The van der Waals surface area contributed by atoms with Crippen molar-refractivity contribution in [3.63, 3.8) is 0 Å². The summed E-state index contributed by atoms with van der Waals surface area (Å²) < 4.78 is 53.2. The van der Waals surface area contributed by atoms with Gasteiger partial charge in [0.1, 0.15) is 11.6 Å². The second kappa shape index (κ2) is 6.41. The lowest BCUT2D eigenvalue weighted by Crippen LogP contribution is -2.28. The highest BCUT2D eigenvalue weighted by molar-refractivity contribution is 7.89. The van der Waals surface area contributed by atoms with E-state index >= 15 is 0 Å². The fourth-order valence-electron chi connectivity index (χ4n) is 1.98. The lowest BCUT2D eigenvalue weighted by atomic mass is 10.0. The number of benzene rings is 2. The van der Waals surface area contributed by atoms with Gasteiger partial charge in [0.25, 0.3) is 0 Å². The Balaban J connectivity index is 2.09. The molecule has 0 aromatic heterocycles. The standard InChI is InChI=1S/C15H16F2N2O2S/c1-10(14-7-2-11(16)8-15(14)17)9-19-22(20,21)13-5-3-12(18)4-6-13/h2-8,10,19H,9,18H2,1H3. The van der Waals surface area contributed by atoms with Crippen LogP contribution in [-0.2, 0) is 10.0 Å². The van der Waals surface area contributed by atoms with E-state index in [0.29, 0.717) is 5.69 Å². The minimum Gasteiger partial charge on any atom is -0.399 e. The quantitative estimate of drug-likeness (QED) is 0.830.